The second-order valence-electron chi connectivity index (χ2n) is 16.3. The van der Waals surface area contributed by atoms with E-state index in [1.807, 2.05) is 0 Å². The minimum Gasteiger partial charge on any atom is -0.460 e. The second-order valence-corrected chi connectivity index (χ2v) is 16.3. The first-order valence-corrected chi connectivity index (χ1v) is 21.7. The average molecular weight is 1330 g/mol. The minimum atomic E-state index is -8.58. The lowest BCUT2D eigenvalue weighted by Crippen LogP contribution is -2.72. The van der Waals surface area contributed by atoms with Crippen LogP contribution in [0.5, 0.6) is 0 Å². The minimum absolute atomic E-state index is 2.06. The van der Waals surface area contributed by atoms with Gasteiger partial charge < -0.3 is 42.6 Å². The largest absolute Gasteiger partial charge is 0.460 e. The van der Waals surface area contributed by atoms with Crippen molar-refractivity contribution in [1.82, 2.24) is 0 Å². The van der Waals surface area contributed by atoms with Crippen molar-refractivity contribution in [2.75, 3.05) is 72.7 Å². The SMILES string of the molecule is C=C(F)C(=O)OCCC(F)(F)OCC(COCC(F)F)(C(F)(F)OC(F)(F)CCOC(=O)C(=C)F)C(F)(F)OC(F)(F)C(COCC(F)(F)COC(=O)C(=C)F)(C(F)(F)OCC(F)(F)COC(=O)C(=C)F)C(F)(F)OC(F)(F)CCOC(=O)C(=C)F. The predicted molar refractivity (Wildman–Crippen MR) is 217 cm³/mol. The molecule has 0 spiro atoms. The van der Waals surface area contributed by atoms with Crippen molar-refractivity contribution in [1.29, 1.82) is 0 Å². The molecule has 0 aliphatic carbocycles. The van der Waals surface area contributed by atoms with Crippen LogP contribution in [-0.2, 0) is 80.8 Å². The number of alkyl halides is 22. The summed E-state index contributed by atoms with van der Waals surface area (Å²) in [4.78, 5) is 56.6. The molecular formula is C42H39F27O17. The summed E-state index contributed by atoms with van der Waals surface area (Å²) >= 11 is 0. The van der Waals surface area contributed by atoms with Crippen LogP contribution in [0.3, 0.4) is 0 Å². The molecule has 17 nitrogen and oxygen atoms in total. The van der Waals surface area contributed by atoms with Crippen molar-refractivity contribution in [3.63, 3.8) is 0 Å². The van der Waals surface area contributed by atoms with Crippen molar-refractivity contribution < 1.29 is 199 Å². The molecule has 0 aromatic rings. The van der Waals surface area contributed by atoms with Crippen LogP contribution in [0.4, 0.5) is 119 Å². The zero-order valence-corrected chi connectivity index (χ0v) is 42.2. The van der Waals surface area contributed by atoms with Gasteiger partial charge in [-0.2, -0.15) is 92.2 Å². The maximum absolute atomic E-state index is 17.1. The summed E-state index contributed by atoms with van der Waals surface area (Å²) in [5, 5.41) is 0. The molecule has 0 aromatic heterocycles. The number of ether oxygens (including phenoxy) is 12. The van der Waals surface area contributed by atoms with Crippen LogP contribution in [0, 0.1) is 10.8 Å². The lowest BCUT2D eigenvalue weighted by molar-refractivity contribution is -0.562. The zero-order valence-electron chi connectivity index (χ0n) is 42.2. The van der Waals surface area contributed by atoms with Gasteiger partial charge in [0.15, 0.2) is 18.6 Å². The lowest BCUT2D eigenvalue weighted by Gasteiger charge is -2.50. The quantitative estimate of drug-likeness (QED) is 0.0242. The standard InChI is InChI=1S/C42H39F27O17/c1-20(43)26(70)77-9-6-35(54,55)82-14-31(13-75-12-25(48)49,38(60,61)84-36(56,57)7-10-78-27(71)21(2)44)39(62,63)86-42(68,69)34(19-76-15-32(50,51)16-80-29(73)23(4)46,40(64,65)83-18-33(52,53)17-81-30(74)24(5)47)41(66,67)85-37(58,59)8-11-79-28(72)22(3)45/h25H,1-19H2. The molecule has 0 aromatic carbocycles. The van der Waals surface area contributed by atoms with Crippen LogP contribution in [0.25, 0.3) is 0 Å². The molecule has 0 fully saturated rings. The Morgan fingerprint density at radius 3 is 1.03 bits per heavy atom. The summed E-state index contributed by atoms with van der Waals surface area (Å²) in [5.74, 6) is -34.7. The molecule has 0 N–H and O–H groups in total. The Morgan fingerprint density at radius 2 is 0.663 bits per heavy atom. The molecule has 0 radical (unpaired) electrons. The molecule has 86 heavy (non-hydrogen) atoms. The monoisotopic (exact) mass is 1330 g/mol. The van der Waals surface area contributed by atoms with Gasteiger partial charge in [-0.15, -0.1) is 0 Å². The van der Waals surface area contributed by atoms with Gasteiger partial charge in [-0.25, -0.2) is 50.3 Å². The van der Waals surface area contributed by atoms with Crippen LogP contribution >= 0.6 is 0 Å². The van der Waals surface area contributed by atoms with E-state index in [2.05, 4.69) is 89.7 Å². The Kier molecular flexibility index (Phi) is 28.5. The molecule has 0 heterocycles. The second kappa shape index (κ2) is 30.7. The molecule has 2 unspecified atom stereocenters. The van der Waals surface area contributed by atoms with Gasteiger partial charge in [0.05, 0.1) is 39.1 Å². The van der Waals surface area contributed by atoms with Crippen molar-refractivity contribution in [2.24, 2.45) is 10.8 Å². The first kappa shape index (κ1) is 79.9. The summed E-state index contributed by atoms with van der Waals surface area (Å²) in [7, 11) is 0. The molecule has 0 saturated heterocycles. The van der Waals surface area contributed by atoms with Crippen LogP contribution in [0.2, 0.25) is 0 Å². The third-order valence-corrected chi connectivity index (χ3v) is 9.45. The van der Waals surface area contributed by atoms with Crippen LogP contribution in [0.15, 0.2) is 62.0 Å². The summed E-state index contributed by atoms with van der Waals surface area (Å²) in [6.07, 6.45) is -71.6. The van der Waals surface area contributed by atoms with Crippen LogP contribution < -0.4 is 0 Å². The van der Waals surface area contributed by atoms with Gasteiger partial charge in [-0.05, 0) is 0 Å². The van der Waals surface area contributed by atoms with E-state index in [0.717, 1.165) is 0 Å². The summed E-state index contributed by atoms with van der Waals surface area (Å²) in [5.41, 5.74) is -14.8. The molecule has 0 bridgehead atoms. The Hall–Kier alpha value is -6.12. The fourth-order valence-corrected chi connectivity index (χ4v) is 5.22. The number of carbonyl (C=O) groups excluding carboxylic acids is 5. The molecular weight excluding hydrogens is 1290 g/mol. The number of esters is 5. The van der Waals surface area contributed by atoms with E-state index in [4.69, 9.17) is 0 Å². The third-order valence-electron chi connectivity index (χ3n) is 9.45. The van der Waals surface area contributed by atoms with Crippen LogP contribution in [-0.4, -0.2) is 170 Å². The summed E-state index contributed by atoms with van der Waals surface area (Å²) < 4.78 is 450. The van der Waals surface area contributed by atoms with E-state index < -0.39 is 229 Å². The maximum Gasteiger partial charge on any atom is 0.385 e. The van der Waals surface area contributed by atoms with E-state index in [1.54, 1.807) is 0 Å². The normalized spacial score (nSPS) is 14.8. The highest BCUT2D eigenvalue weighted by Gasteiger charge is 2.88. The van der Waals surface area contributed by atoms with Crippen molar-refractivity contribution in [3.8, 4) is 0 Å². The molecule has 0 amide bonds. The Labute approximate surface area is 461 Å². The molecule has 0 saturated carbocycles. The third kappa shape index (κ3) is 23.9. The molecule has 0 aliphatic rings. The van der Waals surface area contributed by atoms with E-state index in [-0.39, 0.29) is 0 Å². The van der Waals surface area contributed by atoms with Crippen molar-refractivity contribution in [2.45, 2.75) is 86.4 Å². The van der Waals surface area contributed by atoms with E-state index in [9.17, 15) is 72.3 Å². The van der Waals surface area contributed by atoms with E-state index >= 15 is 70.2 Å². The van der Waals surface area contributed by atoms with E-state index in [0.29, 0.717) is 0 Å². The fraction of sp³-hybridized carbons (Fsp3) is 0.643. The average Bonchev–Trinajstić information content (AvgIpc) is 3.32. The van der Waals surface area contributed by atoms with Gasteiger partial charge in [0.2, 0.25) is 29.1 Å². The van der Waals surface area contributed by atoms with Crippen molar-refractivity contribution >= 4 is 29.8 Å². The van der Waals surface area contributed by atoms with Gasteiger partial charge in [0, 0.05) is 0 Å². The number of halogens is 27. The van der Waals surface area contributed by atoms with Gasteiger partial charge in [-0.1, -0.05) is 32.9 Å². The highest BCUT2D eigenvalue weighted by atomic mass is 19.3. The number of carbonyl (C=O) groups is 5. The molecule has 0 rings (SSSR count). The van der Waals surface area contributed by atoms with Gasteiger partial charge >= 0.3 is 90.6 Å². The first-order chi connectivity index (χ1) is 38.5. The number of hydrogen-bond donors (Lipinski definition) is 0. The zero-order chi connectivity index (χ0) is 67.7. The number of hydrogen-bond acceptors (Lipinski definition) is 17. The van der Waals surface area contributed by atoms with Crippen LogP contribution in [0.1, 0.15) is 19.3 Å². The highest BCUT2D eigenvalue weighted by Crippen LogP contribution is 2.64. The molecule has 2 atom stereocenters. The highest BCUT2D eigenvalue weighted by molar-refractivity contribution is 5.86. The lowest BCUT2D eigenvalue weighted by atomic mass is 9.82. The summed E-state index contributed by atoms with van der Waals surface area (Å²) in [6.45, 7) is -23.5. The first-order valence-electron chi connectivity index (χ1n) is 21.7. The Morgan fingerprint density at radius 1 is 0.337 bits per heavy atom. The number of rotatable bonds is 43. The van der Waals surface area contributed by atoms with E-state index in [1.165, 1.54) is 0 Å². The predicted octanol–water partition coefficient (Wildman–Crippen LogP) is 10.7. The Bertz CT molecular complexity index is 2410. The molecule has 0 aliphatic heterocycles. The fourth-order valence-electron chi connectivity index (χ4n) is 5.22. The van der Waals surface area contributed by atoms with Gasteiger partial charge in [0.1, 0.15) is 39.6 Å². The molecule has 498 valence electrons. The molecule has 44 heteroatoms. The van der Waals surface area contributed by atoms with Crippen molar-refractivity contribution in [3.05, 3.63) is 62.0 Å². The van der Waals surface area contributed by atoms with Gasteiger partial charge in [0.25, 0.3) is 11.8 Å². The Balaban J connectivity index is 9.20. The topological polar surface area (TPSA) is 196 Å². The van der Waals surface area contributed by atoms with Gasteiger partial charge in [-0.3, -0.25) is 14.2 Å². The smallest absolute Gasteiger partial charge is 0.385 e. The maximum atomic E-state index is 17.1. The summed E-state index contributed by atoms with van der Waals surface area (Å²) in [6, 6.07) is 0.